The van der Waals surface area contributed by atoms with Crippen LogP contribution >= 0.6 is 0 Å². The summed E-state index contributed by atoms with van der Waals surface area (Å²) in [6.07, 6.45) is 3.62. The zero-order chi connectivity index (χ0) is 20.6. The second-order valence-corrected chi connectivity index (χ2v) is 9.02. The maximum Gasteiger partial charge on any atom is 0.262 e. The number of nitrogens with zero attached hydrogens (tertiary/aromatic N) is 1. The van der Waals surface area contributed by atoms with E-state index in [4.69, 9.17) is 9.47 Å². The molecule has 1 saturated carbocycles. The van der Waals surface area contributed by atoms with Crippen LogP contribution in [0.15, 0.2) is 41.3 Å². The van der Waals surface area contributed by atoms with Crippen molar-refractivity contribution >= 4 is 27.3 Å². The van der Waals surface area contributed by atoms with Crippen molar-refractivity contribution in [3.05, 3.63) is 42.0 Å². The molecule has 1 fully saturated rings. The van der Waals surface area contributed by atoms with Gasteiger partial charge in [0.1, 0.15) is 0 Å². The molecule has 1 amide bonds. The normalized spacial score (nSPS) is 16.1. The summed E-state index contributed by atoms with van der Waals surface area (Å²) in [5.74, 6) is 1.14. The second kappa shape index (κ2) is 7.59. The van der Waals surface area contributed by atoms with Crippen LogP contribution in [0.2, 0.25) is 0 Å². The predicted octanol–water partition coefficient (Wildman–Crippen LogP) is 3.19. The van der Waals surface area contributed by atoms with Gasteiger partial charge in [0, 0.05) is 29.9 Å². The van der Waals surface area contributed by atoms with E-state index in [1.807, 2.05) is 17.0 Å². The molecule has 0 spiro atoms. The number of rotatable bonds is 6. The molecule has 2 aliphatic rings. The Labute approximate surface area is 170 Å². The molecule has 0 aromatic heterocycles. The van der Waals surface area contributed by atoms with Gasteiger partial charge in [-0.3, -0.25) is 9.52 Å². The Morgan fingerprint density at radius 3 is 2.52 bits per heavy atom. The van der Waals surface area contributed by atoms with Crippen molar-refractivity contribution in [2.45, 2.75) is 30.6 Å². The Morgan fingerprint density at radius 1 is 1.07 bits per heavy atom. The largest absolute Gasteiger partial charge is 0.493 e. The topological polar surface area (TPSA) is 84.9 Å². The summed E-state index contributed by atoms with van der Waals surface area (Å²) in [7, 11) is -0.844. The zero-order valence-corrected chi connectivity index (χ0v) is 17.3. The lowest BCUT2D eigenvalue weighted by molar-refractivity contribution is -0.119. The minimum Gasteiger partial charge on any atom is -0.493 e. The van der Waals surface area contributed by atoms with Crippen LogP contribution in [0.3, 0.4) is 0 Å². The van der Waals surface area contributed by atoms with E-state index in [2.05, 4.69) is 4.72 Å². The fraction of sp³-hybridized carbons (Fsp3) is 0.381. The lowest BCUT2D eigenvalue weighted by Crippen LogP contribution is -2.36. The minimum atomic E-state index is -3.80. The number of amides is 1. The van der Waals surface area contributed by atoms with Crippen LogP contribution in [0.4, 0.5) is 11.4 Å². The van der Waals surface area contributed by atoms with E-state index < -0.39 is 10.0 Å². The average Bonchev–Trinajstić information content (AvgIpc) is 3.57. The van der Waals surface area contributed by atoms with Crippen molar-refractivity contribution in [2.24, 2.45) is 5.92 Å². The number of carbonyl (C=O) groups is 1. The van der Waals surface area contributed by atoms with Gasteiger partial charge in [-0.15, -0.1) is 0 Å². The van der Waals surface area contributed by atoms with Gasteiger partial charge in [0.2, 0.25) is 5.91 Å². The van der Waals surface area contributed by atoms with Gasteiger partial charge in [0.25, 0.3) is 10.0 Å². The Bertz CT molecular complexity index is 1050. The van der Waals surface area contributed by atoms with Gasteiger partial charge in [-0.1, -0.05) is 0 Å². The van der Waals surface area contributed by atoms with Crippen molar-refractivity contribution in [1.29, 1.82) is 0 Å². The maximum atomic E-state index is 12.8. The molecular weight excluding hydrogens is 392 g/mol. The molecule has 1 heterocycles. The Balaban J connectivity index is 1.59. The maximum absolute atomic E-state index is 12.8. The van der Waals surface area contributed by atoms with E-state index in [9.17, 15) is 13.2 Å². The molecule has 8 heteroatoms. The number of hydrogen-bond donors (Lipinski definition) is 1. The number of methoxy groups -OCH3 is 2. The molecule has 0 radical (unpaired) electrons. The minimum absolute atomic E-state index is 0.0819. The number of carbonyl (C=O) groups excluding carboxylic acids is 1. The summed E-state index contributed by atoms with van der Waals surface area (Å²) in [4.78, 5) is 14.5. The highest BCUT2D eigenvalue weighted by Gasteiger charge is 2.35. The number of aryl methyl sites for hydroxylation is 1. The number of benzene rings is 2. The molecule has 29 heavy (non-hydrogen) atoms. The summed E-state index contributed by atoms with van der Waals surface area (Å²) in [6.45, 7) is 0.721. The van der Waals surface area contributed by atoms with E-state index in [1.165, 1.54) is 26.4 Å². The van der Waals surface area contributed by atoms with E-state index in [1.54, 1.807) is 12.1 Å². The lowest BCUT2D eigenvalue weighted by atomic mass is 10.0. The molecule has 154 valence electrons. The zero-order valence-electron chi connectivity index (χ0n) is 16.5. The van der Waals surface area contributed by atoms with E-state index in [0.717, 1.165) is 43.5 Å². The molecule has 0 bridgehead atoms. The van der Waals surface area contributed by atoms with Crippen LogP contribution < -0.4 is 19.1 Å². The van der Waals surface area contributed by atoms with Crippen molar-refractivity contribution in [3.63, 3.8) is 0 Å². The Kier molecular flexibility index (Phi) is 5.12. The number of anilines is 2. The predicted molar refractivity (Wildman–Crippen MR) is 110 cm³/mol. The number of fused-ring (bicyclic) bond motifs is 1. The quantitative estimate of drug-likeness (QED) is 0.782. The van der Waals surface area contributed by atoms with Crippen molar-refractivity contribution < 1.29 is 22.7 Å². The third-order valence-electron chi connectivity index (χ3n) is 5.31. The first-order chi connectivity index (χ1) is 13.9. The van der Waals surface area contributed by atoms with E-state index in [0.29, 0.717) is 17.2 Å². The first-order valence-corrected chi connectivity index (χ1v) is 11.1. The highest BCUT2D eigenvalue weighted by Crippen LogP contribution is 2.37. The SMILES string of the molecule is COc1ccc(S(=O)(=O)Nc2ccc3c(c2)CCCN3C(=O)C2CC2)cc1OC. The van der Waals surface area contributed by atoms with Gasteiger partial charge in [-0.25, -0.2) is 8.42 Å². The van der Waals surface area contributed by atoms with Gasteiger partial charge in [-0.05, 0) is 61.6 Å². The van der Waals surface area contributed by atoms with Gasteiger partial charge in [0.05, 0.1) is 19.1 Å². The highest BCUT2D eigenvalue weighted by molar-refractivity contribution is 7.92. The molecule has 7 nitrogen and oxygen atoms in total. The second-order valence-electron chi connectivity index (χ2n) is 7.33. The fourth-order valence-electron chi connectivity index (χ4n) is 3.64. The third kappa shape index (κ3) is 3.89. The molecule has 0 atom stereocenters. The smallest absolute Gasteiger partial charge is 0.262 e. The molecular formula is C21H24N2O5S. The van der Waals surface area contributed by atoms with Crippen LogP contribution in [0.5, 0.6) is 11.5 Å². The number of nitrogens with one attached hydrogen (secondary N) is 1. The molecule has 0 unspecified atom stereocenters. The Hall–Kier alpha value is -2.74. The van der Waals surface area contributed by atoms with E-state index >= 15 is 0 Å². The van der Waals surface area contributed by atoms with Gasteiger partial charge in [-0.2, -0.15) is 0 Å². The lowest BCUT2D eigenvalue weighted by Gasteiger charge is -2.30. The highest BCUT2D eigenvalue weighted by atomic mass is 32.2. The monoisotopic (exact) mass is 416 g/mol. The fourth-order valence-corrected chi connectivity index (χ4v) is 4.70. The van der Waals surface area contributed by atoms with Crippen LogP contribution in [-0.2, 0) is 21.2 Å². The van der Waals surface area contributed by atoms with Crippen LogP contribution in [0.25, 0.3) is 0 Å². The molecule has 4 rings (SSSR count). The summed E-state index contributed by atoms with van der Waals surface area (Å²) in [5.41, 5.74) is 2.35. The number of sulfonamides is 1. The summed E-state index contributed by atoms with van der Waals surface area (Å²) in [6, 6.07) is 9.81. The van der Waals surface area contributed by atoms with Gasteiger partial charge in [0.15, 0.2) is 11.5 Å². The molecule has 1 aliphatic heterocycles. The average molecular weight is 416 g/mol. The number of hydrogen-bond acceptors (Lipinski definition) is 5. The Morgan fingerprint density at radius 2 is 1.83 bits per heavy atom. The summed E-state index contributed by atoms with van der Waals surface area (Å²) < 4.78 is 38.7. The molecule has 1 aliphatic carbocycles. The molecule has 2 aromatic rings. The van der Waals surface area contributed by atoms with Gasteiger partial charge >= 0.3 is 0 Å². The van der Waals surface area contributed by atoms with Crippen LogP contribution in [0.1, 0.15) is 24.8 Å². The van der Waals surface area contributed by atoms with Crippen LogP contribution in [0, 0.1) is 5.92 Å². The first-order valence-electron chi connectivity index (χ1n) is 9.62. The number of ether oxygens (including phenoxy) is 2. The van der Waals surface area contributed by atoms with Gasteiger partial charge < -0.3 is 14.4 Å². The standard InChI is InChI=1S/C21H24N2O5S/c1-27-19-10-8-17(13-20(19)28-2)29(25,26)22-16-7-9-18-15(12-16)4-3-11-23(18)21(24)14-5-6-14/h7-10,12-14,22H,3-6,11H2,1-2H3. The molecule has 2 aromatic carbocycles. The first kappa shape index (κ1) is 19.6. The third-order valence-corrected chi connectivity index (χ3v) is 6.69. The molecule has 1 N–H and O–H groups in total. The van der Waals surface area contributed by atoms with Crippen molar-refractivity contribution in [2.75, 3.05) is 30.4 Å². The summed E-state index contributed by atoms with van der Waals surface area (Å²) in [5, 5.41) is 0. The van der Waals surface area contributed by atoms with E-state index in [-0.39, 0.29) is 16.7 Å². The van der Waals surface area contributed by atoms with Crippen molar-refractivity contribution in [3.8, 4) is 11.5 Å². The van der Waals surface area contributed by atoms with Crippen molar-refractivity contribution in [1.82, 2.24) is 0 Å². The molecule has 0 saturated heterocycles. The van der Waals surface area contributed by atoms with Crippen LogP contribution in [-0.4, -0.2) is 35.1 Å². The summed E-state index contributed by atoms with van der Waals surface area (Å²) >= 11 is 0.